The average molecular weight is 863 g/mol. The first-order valence-electron chi connectivity index (χ1n) is 17.3. The highest BCUT2D eigenvalue weighted by Crippen LogP contribution is 2.35. The van der Waals surface area contributed by atoms with Gasteiger partial charge in [-0.05, 0) is 80.1 Å². The van der Waals surface area contributed by atoms with Crippen molar-refractivity contribution in [1.29, 1.82) is 0 Å². The smallest absolute Gasteiger partial charge is 0.416 e. The van der Waals surface area contributed by atoms with E-state index in [1.807, 2.05) is 0 Å². The van der Waals surface area contributed by atoms with Gasteiger partial charge < -0.3 is 23.4 Å². The zero-order chi connectivity index (χ0) is 42.6. The summed E-state index contributed by atoms with van der Waals surface area (Å²) in [4.78, 5) is 34.9. The van der Waals surface area contributed by atoms with E-state index >= 15 is 4.39 Å². The molecule has 0 saturated heterocycles. The third kappa shape index (κ3) is 10.4. The highest BCUT2D eigenvalue weighted by Gasteiger charge is 2.32. The maximum Gasteiger partial charge on any atom is 0.416 e. The van der Waals surface area contributed by atoms with E-state index in [2.05, 4.69) is 9.97 Å². The minimum atomic E-state index is -4.48. The Morgan fingerprint density at radius 3 is 1.98 bits per heavy atom. The van der Waals surface area contributed by atoms with Crippen molar-refractivity contribution in [3.05, 3.63) is 140 Å². The van der Waals surface area contributed by atoms with Gasteiger partial charge in [0.2, 0.25) is 12.0 Å². The van der Waals surface area contributed by atoms with Gasteiger partial charge in [-0.1, -0.05) is 35.9 Å². The van der Waals surface area contributed by atoms with Crippen LogP contribution >= 0.6 is 22.9 Å². The number of nitrogens with zero attached hydrogens (tertiary/aromatic N) is 2. The summed E-state index contributed by atoms with van der Waals surface area (Å²) in [5, 5.41) is 0.567. The van der Waals surface area contributed by atoms with Crippen LogP contribution in [0.3, 0.4) is 0 Å². The normalized spacial score (nSPS) is 12.3. The number of thiazole rings is 1. The first-order chi connectivity index (χ1) is 27.9. The van der Waals surface area contributed by atoms with Crippen molar-refractivity contribution in [2.75, 3.05) is 7.11 Å². The molecule has 6 aromatic rings. The van der Waals surface area contributed by atoms with Crippen molar-refractivity contribution < 1.29 is 63.7 Å². The summed E-state index contributed by atoms with van der Waals surface area (Å²) in [6, 6.07) is 16.9. The van der Waals surface area contributed by atoms with Gasteiger partial charge >= 0.3 is 24.3 Å². The molecule has 18 heteroatoms. The number of ether oxygens (including phenoxy) is 4. The number of halogens is 8. The van der Waals surface area contributed by atoms with Gasteiger partial charge in [0.05, 0.1) is 45.9 Å². The van der Waals surface area contributed by atoms with E-state index in [9.17, 15) is 35.9 Å². The van der Waals surface area contributed by atoms with Gasteiger partial charge in [-0.2, -0.15) is 26.3 Å². The van der Waals surface area contributed by atoms with Crippen molar-refractivity contribution in [1.82, 2.24) is 9.97 Å². The predicted octanol–water partition coefficient (Wildman–Crippen LogP) is 11.1. The average Bonchev–Trinajstić information content (AvgIpc) is 3.76. The van der Waals surface area contributed by atoms with Crippen LogP contribution in [-0.2, 0) is 51.0 Å². The summed E-state index contributed by atoms with van der Waals surface area (Å²) in [6.07, 6.45) is -10.9. The van der Waals surface area contributed by atoms with E-state index in [-0.39, 0.29) is 47.6 Å². The van der Waals surface area contributed by atoms with E-state index in [0.717, 1.165) is 37.4 Å². The quantitative estimate of drug-likeness (QED) is 0.0828. The standard InChI is InChI=1S/C41H30ClF7N2O7S/c1-21-33(57-37(50-21)24-5-10-27(11-6-24)40(44,45)46)19-55-31-14-4-23(16-29(31)42)17-35(52)58-36(39(53)54-3)26-9-15-32(30(43)18-26)56-20-34-22(2)51-38(59-34)25-7-12-28(13-8-25)41(47,48)49/h4-16,18,36H,17,19-20H2,1-3H3. The van der Waals surface area contributed by atoms with E-state index in [1.54, 1.807) is 13.8 Å². The summed E-state index contributed by atoms with van der Waals surface area (Å²) >= 11 is 7.59. The molecule has 2 heterocycles. The van der Waals surface area contributed by atoms with Crippen LogP contribution < -0.4 is 9.47 Å². The van der Waals surface area contributed by atoms with Gasteiger partial charge in [0, 0.05) is 16.7 Å². The molecule has 1 unspecified atom stereocenters. The monoisotopic (exact) mass is 862 g/mol. The second kappa shape index (κ2) is 17.5. The Hall–Kier alpha value is -5.94. The molecule has 0 fully saturated rings. The maximum atomic E-state index is 15.3. The Balaban J connectivity index is 1.05. The Bertz CT molecular complexity index is 2470. The molecule has 6 rings (SSSR count). The Morgan fingerprint density at radius 2 is 1.39 bits per heavy atom. The predicted molar refractivity (Wildman–Crippen MR) is 200 cm³/mol. The van der Waals surface area contributed by atoms with Crippen LogP contribution in [-0.4, -0.2) is 29.0 Å². The van der Waals surface area contributed by atoms with Gasteiger partial charge in [-0.25, -0.2) is 19.2 Å². The maximum absolute atomic E-state index is 15.3. The van der Waals surface area contributed by atoms with E-state index in [4.69, 9.17) is 35.0 Å². The summed E-state index contributed by atoms with van der Waals surface area (Å²) < 4.78 is 120. The van der Waals surface area contributed by atoms with Gasteiger partial charge in [0.15, 0.2) is 17.3 Å². The zero-order valence-corrected chi connectivity index (χ0v) is 32.5. The van der Waals surface area contributed by atoms with Crippen LogP contribution in [0, 0.1) is 19.7 Å². The number of aromatic nitrogens is 2. The molecule has 1 atom stereocenters. The Morgan fingerprint density at radius 1 is 0.780 bits per heavy atom. The lowest BCUT2D eigenvalue weighted by molar-refractivity contribution is -0.166. The molecule has 0 aliphatic rings. The lowest BCUT2D eigenvalue weighted by atomic mass is 10.1. The SMILES string of the molecule is COC(=O)C(OC(=O)Cc1ccc(OCc2oc(-c3ccc(C(F)(F)F)cc3)nc2C)c(Cl)c1)c1ccc(OCc2sc(-c3ccc(C(F)(F)F)cc3)nc2C)c(F)c1. The summed E-state index contributed by atoms with van der Waals surface area (Å²) in [5.74, 6) is -2.30. The molecule has 308 valence electrons. The summed E-state index contributed by atoms with van der Waals surface area (Å²) in [6.45, 7) is 3.08. The molecule has 2 aromatic heterocycles. The number of carbonyl (C=O) groups is 2. The van der Waals surface area contributed by atoms with Gasteiger partial charge in [0.25, 0.3) is 0 Å². The number of carbonyl (C=O) groups excluding carboxylic acids is 2. The number of methoxy groups -OCH3 is 1. The van der Waals surface area contributed by atoms with Crippen LogP contribution in [0.4, 0.5) is 30.7 Å². The molecule has 0 aliphatic heterocycles. The highest BCUT2D eigenvalue weighted by atomic mass is 35.5. The second-order valence-corrected chi connectivity index (χ2v) is 14.3. The fraction of sp³-hybridized carbons (Fsp3) is 0.220. The minimum Gasteiger partial charge on any atom is -0.485 e. The van der Waals surface area contributed by atoms with E-state index in [0.29, 0.717) is 43.7 Å². The third-order valence-corrected chi connectivity index (χ3v) is 10.2. The van der Waals surface area contributed by atoms with Gasteiger partial charge in [0.1, 0.15) is 24.0 Å². The van der Waals surface area contributed by atoms with Crippen LogP contribution in [0.25, 0.3) is 22.0 Å². The molecule has 9 nitrogen and oxygen atoms in total. The molecule has 0 N–H and O–H groups in total. The number of hydrogen-bond acceptors (Lipinski definition) is 10. The Kier molecular flexibility index (Phi) is 12.7. The van der Waals surface area contributed by atoms with Crippen molar-refractivity contribution in [2.24, 2.45) is 0 Å². The lowest BCUT2D eigenvalue weighted by Gasteiger charge is -2.17. The van der Waals surface area contributed by atoms with Gasteiger partial charge in [-0.15, -0.1) is 11.3 Å². The fourth-order valence-electron chi connectivity index (χ4n) is 5.53. The van der Waals surface area contributed by atoms with Crippen molar-refractivity contribution >= 4 is 34.9 Å². The molecule has 0 aliphatic carbocycles. The molecule has 0 spiro atoms. The molecule has 0 saturated carbocycles. The number of benzene rings is 4. The lowest BCUT2D eigenvalue weighted by Crippen LogP contribution is -2.22. The molecule has 0 radical (unpaired) electrons. The largest absolute Gasteiger partial charge is 0.485 e. The second-order valence-electron chi connectivity index (χ2n) is 12.8. The number of hydrogen-bond donors (Lipinski definition) is 0. The minimum absolute atomic E-state index is 0.0421. The molecule has 4 aromatic carbocycles. The molecular weight excluding hydrogens is 833 g/mol. The molecule has 59 heavy (non-hydrogen) atoms. The van der Waals surface area contributed by atoms with Crippen LogP contribution in [0.2, 0.25) is 5.02 Å². The molecular formula is C41H30ClF7N2O7S. The Labute approximate surface area is 340 Å². The highest BCUT2D eigenvalue weighted by molar-refractivity contribution is 7.15. The van der Waals surface area contributed by atoms with Crippen LogP contribution in [0.5, 0.6) is 11.5 Å². The van der Waals surface area contributed by atoms with Crippen molar-refractivity contribution in [3.8, 4) is 33.5 Å². The zero-order valence-electron chi connectivity index (χ0n) is 31.0. The van der Waals surface area contributed by atoms with Crippen LogP contribution in [0.1, 0.15) is 50.4 Å². The topological polar surface area (TPSA) is 110 Å². The molecule has 0 bridgehead atoms. The summed E-state index contributed by atoms with van der Waals surface area (Å²) in [5.41, 5.74) is 0.536. The van der Waals surface area contributed by atoms with Crippen molar-refractivity contribution in [2.45, 2.75) is 51.9 Å². The summed E-state index contributed by atoms with van der Waals surface area (Å²) in [7, 11) is 1.07. The van der Waals surface area contributed by atoms with Crippen LogP contribution in [0.15, 0.2) is 89.3 Å². The first kappa shape index (κ1) is 42.7. The number of oxazole rings is 1. The first-order valence-corrected chi connectivity index (χ1v) is 18.5. The number of alkyl halides is 6. The third-order valence-electron chi connectivity index (χ3n) is 8.69. The van der Waals surface area contributed by atoms with E-state index in [1.165, 1.54) is 65.9 Å². The number of esters is 2. The fourth-order valence-corrected chi connectivity index (χ4v) is 6.77. The van der Waals surface area contributed by atoms with E-state index < -0.39 is 47.3 Å². The molecule has 0 amide bonds. The van der Waals surface area contributed by atoms with Crippen molar-refractivity contribution in [3.63, 3.8) is 0 Å². The van der Waals surface area contributed by atoms with Gasteiger partial charge in [-0.3, -0.25) is 4.79 Å². The number of aryl methyl sites for hydroxylation is 2. The number of rotatable bonds is 13.